The molecule has 1 aromatic rings. The molecule has 1 aliphatic rings. The highest BCUT2D eigenvalue weighted by Gasteiger charge is 2.29. The predicted octanol–water partition coefficient (Wildman–Crippen LogP) is 0.898. The second-order valence-electron chi connectivity index (χ2n) is 4.69. The number of morpholine rings is 1. The lowest BCUT2D eigenvalue weighted by molar-refractivity contribution is -0.154. The van der Waals surface area contributed by atoms with Gasteiger partial charge in [0.1, 0.15) is 5.82 Å². The van der Waals surface area contributed by atoms with Crippen molar-refractivity contribution in [2.24, 2.45) is 0 Å². The SMILES string of the molecule is COCc1cc(C(=O)N2CCO[C@@H](C(=O)O)C2)ccc1F. The molecule has 114 valence electrons. The minimum Gasteiger partial charge on any atom is -0.479 e. The summed E-state index contributed by atoms with van der Waals surface area (Å²) in [7, 11) is 1.44. The van der Waals surface area contributed by atoms with Crippen LogP contribution in [0, 0.1) is 5.82 Å². The van der Waals surface area contributed by atoms with Crippen LogP contribution in [0.3, 0.4) is 0 Å². The van der Waals surface area contributed by atoms with Gasteiger partial charge in [-0.15, -0.1) is 0 Å². The smallest absolute Gasteiger partial charge is 0.334 e. The van der Waals surface area contributed by atoms with E-state index in [1.165, 1.54) is 30.2 Å². The summed E-state index contributed by atoms with van der Waals surface area (Å²) in [5.41, 5.74) is 0.584. The zero-order chi connectivity index (χ0) is 15.4. The van der Waals surface area contributed by atoms with Crippen LogP contribution in [0.4, 0.5) is 4.39 Å². The Bertz CT molecular complexity index is 548. The Morgan fingerprint density at radius 2 is 2.29 bits per heavy atom. The van der Waals surface area contributed by atoms with E-state index in [-0.39, 0.29) is 31.2 Å². The van der Waals surface area contributed by atoms with Crippen molar-refractivity contribution in [2.75, 3.05) is 26.8 Å². The molecule has 1 amide bonds. The van der Waals surface area contributed by atoms with Crippen molar-refractivity contribution in [3.05, 3.63) is 35.1 Å². The second kappa shape index (κ2) is 6.64. The van der Waals surface area contributed by atoms with Crippen molar-refractivity contribution in [3.8, 4) is 0 Å². The molecule has 7 heteroatoms. The van der Waals surface area contributed by atoms with Crippen LogP contribution < -0.4 is 0 Å². The summed E-state index contributed by atoms with van der Waals surface area (Å²) in [4.78, 5) is 24.7. The number of hydrogen-bond acceptors (Lipinski definition) is 4. The molecule has 1 heterocycles. The lowest BCUT2D eigenvalue weighted by Crippen LogP contribution is -2.48. The van der Waals surface area contributed by atoms with Gasteiger partial charge in [0, 0.05) is 24.8 Å². The number of ether oxygens (including phenoxy) is 2. The van der Waals surface area contributed by atoms with E-state index in [0.29, 0.717) is 12.1 Å². The van der Waals surface area contributed by atoms with Crippen LogP contribution in [0.5, 0.6) is 0 Å². The Morgan fingerprint density at radius 1 is 1.52 bits per heavy atom. The summed E-state index contributed by atoms with van der Waals surface area (Å²) < 4.78 is 23.5. The van der Waals surface area contributed by atoms with Gasteiger partial charge in [0.25, 0.3) is 5.91 Å². The van der Waals surface area contributed by atoms with Gasteiger partial charge in [-0.2, -0.15) is 0 Å². The van der Waals surface area contributed by atoms with Crippen molar-refractivity contribution in [2.45, 2.75) is 12.7 Å². The fourth-order valence-electron chi connectivity index (χ4n) is 2.14. The molecule has 0 spiro atoms. The Kier molecular flexibility index (Phi) is 4.87. The fourth-order valence-corrected chi connectivity index (χ4v) is 2.14. The van der Waals surface area contributed by atoms with Crippen LogP contribution in [0.15, 0.2) is 18.2 Å². The molecule has 1 saturated heterocycles. The van der Waals surface area contributed by atoms with Gasteiger partial charge in [-0.25, -0.2) is 9.18 Å². The number of methoxy groups -OCH3 is 1. The molecule has 1 aromatic carbocycles. The number of halogens is 1. The van der Waals surface area contributed by atoms with Crippen LogP contribution in [-0.4, -0.2) is 54.8 Å². The van der Waals surface area contributed by atoms with Gasteiger partial charge in [0.15, 0.2) is 6.10 Å². The van der Waals surface area contributed by atoms with Gasteiger partial charge in [-0.05, 0) is 18.2 Å². The quantitative estimate of drug-likeness (QED) is 0.893. The molecule has 6 nitrogen and oxygen atoms in total. The Morgan fingerprint density at radius 3 is 2.95 bits per heavy atom. The molecule has 0 bridgehead atoms. The van der Waals surface area contributed by atoms with Crippen LogP contribution in [0.2, 0.25) is 0 Å². The highest BCUT2D eigenvalue weighted by atomic mass is 19.1. The van der Waals surface area contributed by atoms with E-state index in [2.05, 4.69) is 0 Å². The third-order valence-electron chi connectivity index (χ3n) is 3.22. The number of amides is 1. The number of hydrogen-bond donors (Lipinski definition) is 1. The lowest BCUT2D eigenvalue weighted by Gasteiger charge is -2.31. The molecular formula is C14H16FNO5. The number of benzene rings is 1. The van der Waals surface area contributed by atoms with Crippen LogP contribution >= 0.6 is 0 Å². The van der Waals surface area contributed by atoms with Crippen molar-refractivity contribution in [1.82, 2.24) is 4.90 Å². The highest BCUT2D eigenvalue weighted by molar-refractivity contribution is 5.94. The van der Waals surface area contributed by atoms with E-state index in [9.17, 15) is 14.0 Å². The van der Waals surface area contributed by atoms with Gasteiger partial charge in [-0.3, -0.25) is 4.79 Å². The van der Waals surface area contributed by atoms with Crippen molar-refractivity contribution in [1.29, 1.82) is 0 Å². The molecule has 1 fully saturated rings. The van der Waals surface area contributed by atoms with Crippen LogP contribution in [0.25, 0.3) is 0 Å². The topological polar surface area (TPSA) is 76.1 Å². The van der Waals surface area contributed by atoms with Gasteiger partial charge in [0.05, 0.1) is 19.8 Å². The molecule has 2 rings (SSSR count). The summed E-state index contributed by atoms with van der Waals surface area (Å²) >= 11 is 0. The first-order valence-electron chi connectivity index (χ1n) is 6.44. The predicted molar refractivity (Wildman–Crippen MR) is 70.4 cm³/mol. The number of nitrogens with zero attached hydrogens (tertiary/aromatic N) is 1. The zero-order valence-electron chi connectivity index (χ0n) is 11.5. The van der Waals surface area contributed by atoms with Gasteiger partial charge < -0.3 is 19.5 Å². The summed E-state index contributed by atoms with van der Waals surface area (Å²) in [6.07, 6.45) is -1.03. The standard InChI is InChI=1S/C14H16FNO5/c1-20-8-10-6-9(2-3-11(10)15)13(17)16-4-5-21-12(7-16)14(18)19/h2-3,6,12H,4-5,7-8H2,1H3,(H,18,19)/t12-/m1/s1. The average molecular weight is 297 g/mol. The van der Waals surface area contributed by atoms with Crippen molar-refractivity contribution >= 4 is 11.9 Å². The molecule has 0 unspecified atom stereocenters. The number of carbonyl (C=O) groups excluding carboxylic acids is 1. The van der Waals surface area contributed by atoms with Crippen molar-refractivity contribution < 1.29 is 28.6 Å². The first-order valence-corrected chi connectivity index (χ1v) is 6.44. The first kappa shape index (κ1) is 15.4. The number of carboxylic acid groups (broad SMARTS) is 1. The highest BCUT2D eigenvalue weighted by Crippen LogP contribution is 2.15. The second-order valence-corrected chi connectivity index (χ2v) is 4.69. The minimum atomic E-state index is -1.10. The number of carbonyl (C=O) groups is 2. The summed E-state index contributed by atoms with van der Waals surface area (Å²) in [6, 6.07) is 4.01. The molecule has 0 radical (unpaired) electrons. The van der Waals surface area contributed by atoms with E-state index >= 15 is 0 Å². The Labute approximate surface area is 121 Å². The zero-order valence-corrected chi connectivity index (χ0v) is 11.5. The molecule has 0 aliphatic carbocycles. The maximum atomic E-state index is 13.5. The molecule has 0 aromatic heterocycles. The Balaban J connectivity index is 2.15. The van der Waals surface area contributed by atoms with E-state index < -0.39 is 17.9 Å². The lowest BCUT2D eigenvalue weighted by atomic mass is 10.1. The van der Waals surface area contributed by atoms with Crippen LogP contribution in [-0.2, 0) is 20.9 Å². The molecule has 0 saturated carbocycles. The van der Waals surface area contributed by atoms with Gasteiger partial charge >= 0.3 is 5.97 Å². The summed E-state index contributed by atoms with van der Waals surface area (Å²) in [5.74, 6) is -1.90. The van der Waals surface area contributed by atoms with Gasteiger partial charge in [0.2, 0.25) is 0 Å². The third-order valence-corrected chi connectivity index (χ3v) is 3.22. The number of rotatable bonds is 4. The molecule has 1 aliphatic heterocycles. The molecule has 1 atom stereocenters. The van der Waals surface area contributed by atoms with E-state index in [0.717, 1.165) is 0 Å². The first-order chi connectivity index (χ1) is 10.0. The maximum absolute atomic E-state index is 13.5. The number of carboxylic acids is 1. The van der Waals surface area contributed by atoms with E-state index in [1.807, 2.05) is 0 Å². The van der Waals surface area contributed by atoms with Crippen LogP contribution in [0.1, 0.15) is 15.9 Å². The summed E-state index contributed by atoms with van der Waals surface area (Å²) in [5, 5.41) is 8.93. The van der Waals surface area contributed by atoms with Gasteiger partial charge in [-0.1, -0.05) is 0 Å². The Hall–Kier alpha value is -1.99. The van der Waals surface area contributed by atoms with E-state index in [4.69, 9.17) is 14.6 Å². The van der Waals surface area contributed by atoms with Crippen molar-refractivity contribution in [3.63, 3.8) is 0 Å². The molecular weight excluding hydrogens is 281 g/mol. The normalized spacial score (nSPS) is 18.6. The minimum absolute atomic E-state index is 0.0227. The maximum Gasteiger partial charge on any atom is 0.334 e. The average Bonchev–Trinajstić information content (AvgIpc) is 2.49. The molecule has 1 N–H and O–H groups in total. The third kappa shape index (κ3) is 3.56. The monoisotopic (exact) mass is 297 g/mol. The summed E-state index contributed by atoms with van der Waals surface area (Å²) in [6.45, 7) is 0.507. The largest absolute Gasteiger partial charge is 0.479 e. The molecule has 21 heavy (non-hydrogen) atoms. The van der Waals surface area contributed by atoms with E-state index in [1.54, 1.807) is 0 Å². The fraction of sp³-hybridized carbons (Fsp3) is 0.429. The number of aliphatic carboxylic acids is 1.